The fourth-order valence-electron chi connectivity index (χ4n) is 4.17. The van der Waals surface area contributed by atoms with E-state index in [0.717, 1.165) is 12.8 Å². The summed E-state index contributed by atoms with van der Waals surface area (Å²) in [5.41, 5.74) is -0.967. The molecule has 6 heteroatoms. The van der Waals surface area contributed by atoms with Crippen LogP contribution in [0.3, 0.4) is 0 Å². The van der Waals surface area contributed by atoms with E-state index >= 15 is 0 Å². The number of hydrogen-bond donors (Lipinski definition) is 0. The molecule has 2 saturated carbocycles. The van der Waals surface area contributed by atoms with Crippen molar-refractivity contribution >= 4 is 31.7 Å². The maximum Gasteiger partial charge on any atom is 0.214 e. The Labute approximate surface area is 130 Å². The molecule has 0 amide bonds. The highest BCUT2D eigenvalue weighted by Crippen LogP contribution is 2.65. The summed E-state index contributed by atoms with van der Waals surface area (Å²) >= 11 is 3.49. The minimum atomic E-state index is -3.31. The zero-order chi connectivity index (χ0) is 15.3. The van der Waals surface area contributed by atoms with Gasteiger partial charge in [-0.3, -0.25) is 4.79 Å². The fraction of sp³-hybridized carbons (Fsp3) is 0.929. The van der Waals surface area contributed by atoms with Crippen LogP contribution in [-0.4, -0.2) is 42.2 Å². The van der Waals surface area contributed by atoms with Crippen LogP contribution < -0.4 is 0 Å². The first-order valence-corrected chi connectivity index (χ1v) is 9.82. The second-order valence-electron chi connectivity index (χ2n) is 6.50. The molecule has 0 aliphatic heterocycles. The standard InChI is InChI=1S/C14H24BrNO3S/c1-5-16(6-2)20(18,19)9-14(4)10-7-8-13(14,3)12(17)11(10)15/h10-11H,5-9H2,1-4H3/t10-,11-,13-,14-/m0/s1. The van der Waals surface area contributed by atoms with Crippen molar-refractivity contribution in [3.05, 3.63) is 0 Å². The van der Waals surface area contributed by atoms with Crippen LogP contribution >= 0.6 is 15.9 Å². The van der Waals surface area contributed by atoms with Gasteiger partial charge in [0.2, 0.25) is 10.0 Å². The Morgan fingerprint density at radius 2 is 1.85 bits per heavy atom. The van der Waals surface area contributed by atoms with Gasteiger partial charge in [0.05, 0.1) is 10.6 Å². The number of hydrogen-bond acceptors (Lipinski definition) is 3. The number of ketones is 1. The third-order valence-corrected chi connectivity index (χ3v) is 9.08. The lowest BCUT2D eigenvalue weighted by Crippen LogP contribution is -2.45. The number of Topliss-reactive ketones (excluding diaryl/α,β-unsaturated/α-hetero) is 1. The Bertz CT molecular complexity index is 517. The molecule has 2 bridgehead atoms. The van der Waals surface area contributed by atoms with Crippen molar-refractivity contribution in [2.75, 3.05) is 18.8 Å². The van der Waals surface area contributed by atoms with Gasteiger partial charge in [-0.15, -0.1) is 0 Å². The largest absolute Gasteiger partial charge is 0.298 e. The molecule has 0 N–H and O–H groups in total. The average molecular weight is 366 g/mol. The van der Waals surface area contributed by atoms with Gasteiger partial charge in [-0.2, -0.15) is 0 Å². The molecule has 0 aromatic rings. The van der Waals surface area contributed by atoms with Crippen molar-refractivity contribution in [3.8, 4) is 0 Å². The third kappa shape index (κ3) is 2.02. The summed E-state index contributed by atoms with van der Waals surface area (Å²) in [7, 11) is -3.31. The minimum absolute atomic E-state index is 0.0800. The molecule has 0 saturated heterocycles. The molecule has 0 aromatic carbocycles. The maximum absolute atomic E-state index is 12.6. The van der Waals surface area contributed by atoms with Crippen molar-refractivity contribution in [2.45, 2.75) is 45.4 Å². The van der Waals surface area contributed by atoms with E-state index in [1.807, 2.05) is 27.7 Å². The molecule has 4 nitrogen and oxygen atoms in total. The molecule has 20 heavy (non-hydrogen) atoms. The second-order valence-corrected chi connectivity index (χ2v) is 9.46. The molecular weight excluding hydrogens is 342 g/mol. The first kappa shape index (κ1) is 16.4. The molecule has 0 spiro atoms. The molecule has 0 heterocycles. The predicted octanol–water partition coefficient (Wildman–Crippen LogP) is 2.43. The van der Waals surface area contributed by atoms with E-state index in [1.54, 1.807) is 0 Å². The number of nitrogens with zero attached hydrogens (tertiary/aromatic N) is 1. The molecule has 2 aliphatic rings. The smallest absolute Gasteiger partial charge is 0.214 e. The topological polar surface area (TPSA) is 54.5 Å². The van der Waals surface area contributed by atoms with Gasteiger partial charge in [-0.05, 0) is 24.2 Å². The summed E-state index contributed by atoms with van der Waals surface area (Å²) in [5, 5.41) is 0. The van der Waals surface area contributed by atoms with Crippen LogP contribution in [0.5, 0.6) is 0 Å². The molecule has 2 rings (SSSR count). The highest BCUT2D eigenvalue weighted by atomic mass is 79.9. The van der Waals surface area contributed by atoms with Gasteiger partial charge in [0, 0.05) is 18.5 Å². The van der Waals surface area contributed by atoms with Crippen molar-refractivity contribution in [1.29, 1.82) is 0 Å². The average Bonchev–Trinajstić information content (AvgIpc) is 2.66. The highest BCUT2D eigenvalue weighted by Gasteiger charge is 2.68. The lowest BCUT2D eigenvalue weighted by molar-refractivity contribution is -0.127. The normalized spacial score (nSPS) is 40.8. The first-order valence-electron chi connectivity index (χ1n) is 7.30. The molecule has 0 aromatic heterocycles. The van der Waals surface area contributed by atoms with Crippen LogP contribution in [-0.2, 0) is 14.8 Å². The van der Waals surface area contributed by atoms with E-state index in [0.29, 0.717) is 13.1 Å². The van der Waals surface area contributed by atoms with Crippen molar-refractivity contribution in [3.63, 3.8) is 0 Å². The summed E-state index contributed by atoms with van der Waals surface area (Å²) in [6.45, 7) is 8.63. The molecule has 116 valence electrons. The molecule has 2 aliphatic carbocycles. The van der Waals surface area contributed by atoms with Gasteiger partial charge in [-0.25, -0.2) is 12.7 Å². The SMILES string of the molecule is CCN(CC)S(=O)(=O)C[C@@]1(C)[C@H]2CC[C@@]1(C)C(=O)[C@H]2Br. The van der Waals surface area contributed by atoms with Crippen molar-refractivity contribution in [1.82, 2.24) is 4.31 Å². The van der Waals surface area contributed by atoms with E-state index in [2.05, 4.69) is 15.9 Å². The zero-order valence-corrected chi connectivity index (χ0v) is 15.1. The fourth-order valence-corrected chi connectivity index (χ4v) is 7.78. The number of carbonyl (C=O) groups is 1. The lowest BCUT2D eigenvalue weighted by Gasteiger charge is -2.37. The Kier molecular flexibility index (Phi) is 4.15. The minimum Gasteiger partial charge on any atom is -0.298 e. The number of alkyl halides is 1. The highest BCUT2D eigenvalue weighted by molar-refractivity contribution is 9.10. The summed E-state index contributed by atoms with van der Waals surface area (Å²) in [6.07, 6.45) is 1.74. The predicted molar refractivity (Wildman–Crippen MR) is 83.4 cm³/mol. The number of fused-ring (bicyclic) bond motifs is 2. The second kappa shape index (κ2) is 5.06. The first-order chi connectivity index (χ1) is 9.14. The van der Waals surface area contributed by atoms with Gasteiger partial charge in [0.15, 0.2) is 5.78 Å². The van der Waals surface area contributed by atoms with E-state index in [9.17, 15) is 13.2 Å². The van der Waals surface area contributed by atoms with Crippen LogP contribution in [0.2, 0.25) is 0 Å². The van der Waals surface area contributed by atoms with Gasteiger partial charge in [0.1, 0.15) is 0 Å². The molecule has 0 radical (unpaired) electrons. The Morgan fingerprint density at radius 1 is 1.30 bits per heavy atom. The van der Waals surface area contributed by atoms with Crippen LogP contribution in [0.25, 0.3) is 0 Å². The van der Waals surface area contributed by atoms with Gasteiger partial charge in [0.25, 0.3) is 0 Å². The van der Waals surface area contributed by atoms with E-state index in [-0.39, 0.29) is 22.3 Å². The third-order valence-electron chi connectivity index (χ3n) is 5.76. The monoisotopic (exact) mass is 365 g/mol. The Hall–Kier alpha value is 0.0600. The van der Waals surface area contributed by atoms with Gasteiger partial charge >= 0.3 is 0 Å². The number of halogens is 1. The van der Waals surface area contributed by atoms with Crippen molar-refractivity contribution < 1.29 is 13.2 Å². The zero-order valence-electron chi connectivity index (χ0n) is 12.6. The van der Waals surface area contributed by atoms with Crippen LogP contribution in [0.1, 0.15) is 40.5 Å². The maximum atomic E-state index is 12.6. The van der Waals surface area contributed by atoms with E-state index in [4.69, 9.17) is 0 Å². The Morgan fingerprint density at radius 3 is 2.25 bits per heavy atom. The molecular formula is C14H24BrNO3S. The molecule has 0 unspecified atom stereocenters. The molecule has 2 fully saturated rings. The summed E-state index contributed by atoms with van der Waals surface area (Å²) < 4.78 is 26.8. The van der Waals surface area contributed by atoms with Crippen LogP contribution in [0, 0.1) is 16.7 Å². The quantitative estimate of drug-likeness (QED) is 0.703. The number of sulfonamides is 1. The van der Waals surface area contributed by atoms with Crippen molar-refractivity contribution in [2.24, 2.45) is 16.7 Å². The van der Waals surface area contributed by atoms with Crippen LogP contribution in [0.15, 0.2) is 0 Å². The van der Waals surface area contributed by atoms with Crippen LogP contribution in [0.4, 0.5) is 0 Å². The van der Waals surface area contributed by atoms with Gasteiger partial charge < -0.3 is 0 Å². The number of carbonyl (C=O) groups excluding carboxylic acids is 1. The Balaban J connectivity index is 2.36. The molecule has 4 atom stereocenters. The summed E-state index contributed by atoms with van der Waals surface area (Å²) in [6, 6.07) is 0. The number of rotatable bonds is 5. The van der Waals surface area contributed by atoms with E-state index < -0.39 is 20.9 Å². The summed E-state index contributed by atoms with van der Waals surface area (Å²) in [5.74, 6) is 0.396. The van der Waals surface area contributed by atoms with E-state index in [1.165, 1.54) is 4.31 Å². The lowest BCUT2D eigenvalue weighted by atomic mass is 9.70. The summed E-state index contributed by atoms with van der Waals surface area (Å²) in [4.78, 5) is 12.3. The van der Waals surface area contributed by atoms with Gasteiger partial charge in [-0.1, -0.05) is 43.6 Å².